The summed E-state index contributed by atoms with van der Waals surface area (Å²) in [5.41, 5.74) is 0. The molecule has 4 atom stereocenters. The Morgan fingerprint density at radius 3 is 1.55 bits per heavy atom. The first-order valence-corrected chi connectivity index (χ1v) is 11.1. The first-order valence-electron chi connectivity index (χ1n) is 11.1. The Bertz CT molecular complexity index is 392. The fourth-order valence-corrected chi connectivity index (χ4v) is 2.55. The molecule has 0 aliphatic heterocycles. The van der Waals surface area contributed by atoms with Gasteiger partial charge in [0.1, 0.15) is 37.1 Å². The summed E-state index contributed by atoms with van der Waals surface area (Å²) in [6.07, 6.45) is 3.06. The highest BCUT2D eigenvalue weighted by atomic mass is 16.5. The van der Waals surface area contributed by atoms with Gasteiger partial charge in [-0.25, -0.2) is 0 Å². The molecule has 0 saturated heterocycles. The lowest BCUT2D eigenvalue weighted by molar-refractivity contribution is -0.156. The third-order valence-corrected chi connectivity index (χ3v) is 4.65. The van der Waals surface area contributed by atoms with Crippen LogP contribution in [-0.4, -0.2) is 104 Å². The van der Waals surface area contributed by atoms with E-state index in [0.29, 0.717) is 0 Å². The molecule has 0 saturated carbocycles. The summed E-state index contributed by atoms with van der Waals surface area (Å²) in [4.78, 5) is 11.6. The van der Waals surface area contributed by atoms with Crippen LogP contribution in [0, 0.1) is 0 Å². The molecule has 0 radical (unpaired) electrons. The number of aliphatic hydroxyl groups is 8. The SMILES string of the molecule is CCCCCCCCCCCC(=O)OC[C@@H](O)[C@@H](O)[C@H](O)[C@H](O)CO.OCC(O)CO. The largest absolute Gasteiger partial charge is 0.463 e. The average Bonchev–Trinajstić information content (AvgIpc) is 2.79. The summed E-state index contributed by atoms with van der Waals surface area (Å²) in [5, 5.41) is 70.6. The van der Waals surface area contributed by atoms with Gasteiger partial charge in [-0.15, -0.1) is 0 Å². The summed E-state index contributed by atoms with van der Waals surface area (Å²) in [6, 6.07) is 0. The summed E-state index contributed by atoms with van der Waals surface area (Å²) in [7, 11) is 0. The Morgan fingerprint density at radius 1 is 0.677 bits per heavy atom. The van der Waals surface area contributed by atoms with Crippen LogP contribution in [0.1, 0.15) is 71.1 Å². The lowest BCUT2D eigenvalue weighted by atomic mass is 10.0. The molecule has 0 bridgehead atoms. The molecule has 0 unspecified atom stereocenters. The Hall–Kier alpha value is -0.850. The lowest BCUT2D eigenvalue weighted by Crippen LogP contribution is -2.47. The van der Waals surface area contributed by atoms with Crippen LogP contribution < -0.4 is 0 Å². The normalized spacial score (nSPS) is 15.0. The standard InChI is InChI=1S/C18H36O7.C3H8O3/c1-2-3-4-5-6-7-8-9-10-11-16(22)25-13-15(21)18(24)17(23)14(20)12-19;4-1-3(6)2-5/h14-15,17-21,23-24H,2-13H2,1H3;3-6H,1-2H2/t14-,15-,17-,18-;/m1./s1. The number of rotatable bonds is 18. The Balaban J connectivity index is 0. The van der Waals surface area contributed by atoms with Crippen molar-refractivity contribution >= 4 is 5.97 Å². The maximum absolute atomic E-state index is 11.6. The highest BCUT2D eigenvalue weighted by molar-refractivity contribution is 5.69. The van der Waals surface area contributed by atoms with E-state index in [0.717, 1.165) is 19.3 Å². The second-order valence-corrected chi connectivity index (χ2v) is 7.58. The van der Waals surface area contributed by atoms with Gasteiger partial charge in [-0.1, -0.05) is 58.3 Å². The molecular formula is C21H44O10. The van der Waals surface area contributed by atoms with Crippen molar-refractivity contribution in [3.05, 3.63) is 0 Å². The van der Waals surface area contributed by atoms with Gasteiger partial charge >= 0.3 is 5.97 Å². The first kappa shape index (κ1) is 32.3. The monoisotopic (exact) mass is 456 g/mol. The zero-order valence-electron chi connectivity index (χ0n) is 18.7. The molecule has 0 rings (SSSR count). The van der Waals surface area contributed by atoms with Crippen LogP contribution in [0.2, 0.25) is 0 Å². The lowest BCUT2D eigenvalue weighted by Gasteiger charge is -2.25. The summed E-state index contributed by atoms with van der Waals surface area (Å²) in [5.74, 6) is -0.466. The van der Waals surface area contributed by atoms with Gasteiger partial charge in [-0.05, 0) is 6.42 Å². The molecule has 0 aromatic heterocycles. The molecule has 10 heteroatoms. The third kappa shape index (κ3) is 19.6. The topological polar surface area (TPSA) is 188 Å². The molecule has 0 aliphatic carbocycles. The van der Waals surface area contributed by atoms with Crippen LogP contribution in [0.15, 0.2) is 0 Å². The molecule has 31 heavy (non-hydrogen) atoms. The molecular weight excluding hydrogens is 412 g/mol. The molecule has 0 aromatic carbocycles. The van der Waals surface area contributed by atoms with E-state index in [1.54, 1.807) is 0 Å². The zero-order valence-corrected chi connectivity index (χ0v) is 18.7. The second kappa shape index (κ2) is 22.3. The van der Waals surface area contributed by atoms with Crippen molar-refractivity contribution in [2.75, 3.05) is 26.4 Å². The highest BCUT2D eigenvalue weighted by Gasteiger charge is 2.30. The van der Waals surface area contributed by atoms with E-state index in [1.807, 2.05) is 0 Å². The van der Waals surface area contributed by atoms with Crippen molar-refractivity contribution in [2.45, 2.75) is 102 Å². The third-order valence-electron chi connectivity index (χ3n) is 4.65. The predicted molar refractivity (Wildman–Crippen MR) is 114 cm³/mol. The quantitative estimate of drug-likeness (QED) is 0.0959. The second-order valence-electron chi connectivity index (χ2n) is 7.58. The number of carbonyl (C=O) groups is 1. The molecule has 10 nitrogen and oxygen atoms in total. The Labute approximate surface area is 185 Å². The smallest absolute Gasteiger partial charge is 0.305 e. The van der Waals surface area contributed by atoms with Crippen molar-refractivity contribution in [1.82, 2.24) is 0 Å². The minimum atomic E-state index is -1.71. The van der Waals surface area contributed by atoms with Gasteiger partial charge in [-0.2, -0.15) is 0 Å². The van der Waals surface area contributed by atoms with Crippen LogP contribution in [0.3, 0.4) is 0 Å². The molecule has 0 fully saturated rings. The van der Waals surface area contributed by atoms with Gasteiger partial charge in [0.05, 0.1) is 19.8 Å². The van der Waals surface area contributed by atoms with Crippen molar-refractivity contribution < 1.29 is 50.4 Å². The van der Waals surface area contributed by atoms with E-state index >= 15 is 0 Å². The summed E-state index contributed by atoms with van der Waals surface area (Å²) >= 11 is 0. The minimum absolute atomic E-state index is 0.250. The molecule has 188 valence electrons. The van der Waals surface area contributed by atoms with Gasteiger partial charge in [0, 0.05) is 6.42 Å². The molecule has 0 aromatic rings. The van der Waals surface area contributed by atoms with E-state index in [9.17, 15) is 25.2 Å². The number of hydrogen-bond acceptors (Lipinski definition) is 10. The van der Waals surface area contributed by atoms with Crippen molar-refractivity contribution in [1.29, 1.82) is 0 Å². The van der Waals surface area contributed by atoms with E-state index in [-0.39, 0.29) is 19.6 Å². The fourth-order valence-electron chi connectivity index (χ4n) is 2.55. The number of unbranched alkanes of at least 4 members (excludes halogenated alkanes) is 8. The van der Waals surface area contributed by atoms with Gasteiger partial charge in [-0.3, -0.25) is 4.79 Å². The molecule has 0 heterocycles. The Morgan fingerprint density at radius 2 is 1.13 bits per heavy atom. The number of ether oxygens (including phenoxy) is 1. The first-order chi connectivity index (χ1) is 14.7. The number of aliphatic hydroxyl groups excluding tert-OH is 8. The van der Waals surface area contributed by atoms with Gasteiger partial charge < -0.3 is 45.6 Å². The maximum atomic E-state index is 11.6. The van der Waals surface area contributed by atoms with Crippen LogP contribution >= 0.6 is 0 Å². The van der Waals surface area contributed by atoms with Crippen LogP contribution in [0.25, 0.3) is 0 Å². The van der Waals surface area contributed by atoms with Crippen molar-refractivity contribution in [2.24, 2.45) is 0 Å². The molecule has 0 amide bonds. The van der Waals surface area contributed by atoms with Crippen LogP contribution in [0.5, 0.6) is 0 Å². The highest BCUT2D eigenvalue weighted by Crippen LogP contribution is 2.11. The molecule has 0 spiro atoms. The number of esters is 1. The summed E-state index contributed by atoms with van der Waals surface area (Å²) < 4.78 is 4.86. The zero-order chi connectivity index (χ0) is 24.1. The van der Waals surface area contributed by atoms with Gasteiger partial charge in [0.15, 0.2) is 0 Å². The maximum Gasteiger partial charge on any atom is 0.305 e. The summed E-state index contributed by atoms with van der Waals surface area (Å²) in [6.45, 7) is 0.252. The molecule has 0 aliphatic rings. The number of hydrogen-bond donors (Lipinski definition) is 8. The van der Waals surface area contributed by atoms with Crippen molar-refractivity contribution in [3.63, 3.8) is 0 Å². The van der Waals surface area contributed by atoms with Gasteiger partial charge in [0.2, 0.25) is 0 Å². The van der Waals surface area contributed by atoms with Crippen LogP contribution in [0.4, 0.5) is 0 Å². The van der Waals surface area contributed by atoms with Crippen LogP contribution in [-0.2, 0) is 9.53 Å². The van der Waals surface area contributed by atoms with E-state index < -0.39 is 49.7 Å². The van der Waals surface area contributed by atoms with Crippen molar-refractivity contribution in [3.8, 4) is 0 Å². The van der Waals surface area contributed by atoms with Gasteiger partial charge in [0.25, 0.3) is 0 Å². The minimum Gasteiger partial charge on any atom is -0.463 e. The fraction of sp³-hybridized carbons (Fsp3) is 0.952. The average molecular weight is 457 g/mol. The Kier molecular flexibility index (Phi) is 23.3. The van der Waals surface area contributed by atoms with E-state index in [2.05, 4.69) is 6.92 Å². The molecule has 8 N–H and O–H groups in total. The number of carbonyl (C=O) groups excluding carboxylic acids is 1. The van der Waals surface area contributed by atoms with E-state index in [4.69, 9.17) is 25.2 Å². The predicted octanol–water partition coefficient (Wildman–Crippen LogP) is -0.782. The van der Waals surface area contributed by atoms with E-state index in [1.165, 1.54) is 38.5 Å².